The van der Waals surface area contributed by atoms with Crippen molar-refractivity contribution in [2.24, 2.45) is 0 Å². The minimum Gasteiger partial charge on any atom is -0.507 e. The average Bonchev–Trinajstić information content (AvgIpc) is 2.92. The zero-order valence-corrected chi connectivity index (χ0v) is 30.3. The number of benzene rings is 4. The van der Waals surface area contributed by atoms with Crippen molar-refractivity contribution in [3.63, 3.8) is 0 Å². The van der Waals surface area contributed by atoms with Crippen molar-refractivity contribution in [2.75, 3.05) is 0 Å². The predicted octanol–water partition coefficient (Wildman–Crippen LogP) is 9.00. The van der Waals surface area contributed by atoms with E-state index < -0.39 is 8.56 Å². The van der Waals surface area contributed by atoms with Crippen LogP contribution in [0.3, 0.4) is 0 Å². The number of hydrogen-bond donors (Lipinski definition) is 2. The van der Waals surface area contributed by atoms with Crippen LogP contribution in [-0.2, 0) is 21.7 Å². The van der Waals surface area contributed by atoms with Crippen LogP contribution in [0.1, 0.15) is 105 Å². The van der Waals surface area contributed by atoms with Gasteiger partial charge in [-0.15, -0.1) is 0 Å². The molecular weight excluding hydrogens is 573 g/mol. The van der Waals surface area contributed by atoms with Crippen LogP contribution in [0.4, 0.5) is 0 Å². The number of phenols is 2. The van der Waals surface area contributed by atoms with Crippen LogP contribution < -0.4 is 19.2 Å². The molecule has 4 aromatic carbocycles. The maximum Gasteiger partial charge on any atom is 0.531 e. The summed E-state index contributed by atoms with van der Waals surface area (Å²) in [7, 11) is -3.56. The molecule has 0 heterocycles. The lowest BCUT2D eigenvalue weighted by Crippen LogP contribution is -2.68. The van der Waals surface area contributed by atoms with Crippen LogP contribution in [0.5, 0.6) is 23.0 Å². The molecule has 4 rings (SSSR count). The summed E-state index contributed by atoms with van der Waals surface area (Å²) in [5.41, 5.74) is 1.99. The maximum atomic E-state index is 11.5. The van der Waals surface area contributed by atoms with Crippen molar-refractivity contribution in [2.45, 2.75) is 105 Å². The lowest BCUT2D eigenvalue weighted by Gasteiger charge is -2.35. The highest BCUT2D eigenvalue weighted by molar-refractivity contribution is 6.93. The molecule has 45 heavy (non-hydrogen) atoms. The predicted molar refractivity (Wildman–Crippen MR) is 190 cm³/mol. The zero-order chi connectivity index (χ0) is 33.6. The molecule has 5 heteroatoms. The van der Waals surface area contributed by atoms with E-state index in [4.69, 9.17) is 8.85 Å². The van der Waals surface area contributed by atoms with E-state index in [-0.39, 0.29) is 21.7 Å². The minimum atomic E-state index is -3.56. The first kappa shape index (κ1) is 34.2. The Labute approximate surface area is 272 Å². The highest BCUT2D eigenvalue weighted by atomic mass is 28.4. The fourth-order valence-corrected chi connectivity index (χ4v) is 8.70. The summed E-state index contributed by atoms with van der Waals surface area (Å²) in [6, 6.07) is 28.2. The second kappa shape index (κ2) is 11.9. The van der Waals surface area contributed by atoms with Crippen LogP contribution in [0.2, 0.25) is 0 Å². The summed E-state index contributed by atoms with van der Waals surface area (Å²) in [5, 5.41) is 24.9. The Hall–Kier alpha value is -3.70. The molecule has 4 aromatic rings. The molecule has 0 aromatic heterocycles. The van der Waals surface area contributed by atoms with E-state index in [1.165, 1.54) is 0 Å². The molecule has 0 saturated carbocycles. The smallest absolute Gasteiger partial charge is 0.507 e. The Morgan fingerprint density at radius 1 is 0.422 bits per heavy atom. The third kappa shape index (κ3) is 7.25. The Bertz CT molecular complexity index is 1440. The van der Waals surface area contributed by atoms with Crippen LogP contribution in [-0.4, -0.2) is 18.8 Å². The molecule has 0 fully saturated rings. The normalized spacial score (nSPS) is 13.1. The van der Waals surface area contributed by atoms with Gasteiger partial charge in [0.05, 0.1) is 0 Å². The van der Waals surface area contributed by atoms with Crippen molar-refractivity contribution in [1.82, 2.24) is 0 Å². The molecule has 0 aliphatic carbocycles. The van der Waals surface area contributed by atoms with Crippen molar-refractivity contribution >= 4 is 18.9 Å². The molecule has 240 valence electrons. The molecule has 0 radical (unpaired) electrons. The number of aromatic hydroxyl groups is 2. The Kier molecular flexibility index (Phi) is 9.04. The first-order valence-corrected chi connectivity index (χ1v) is 17.7. The van der Waals surface area contributed by atoms with Crippen molar-refractivity contribution in [3.05, 3.63) is 107 Å². The van der Waals surface area contributed by atoms with Gasteiger partial charge in [-0.1, -0.05) is 144 Å². The summed E-state index contributed by atoms with van der Waals surface area (Å²) in [4.78, 5) is 0. The number of phenolic OH excluding ortho intramolecular Hbond substituents is 2. The van der Waals surface area contributed by atoms with Gasteiger partial charge in [0, 0.05) is 32.6 Å². The molecule has 0 aliphatic rings. The molecular formula is C40H52O4Si. The zero-order valence-electron chi connectivity index (χ0n) is 29.3. The first-order valence-electron chi connectivity index (χ1n) is 15.9. The third-order valence-corrected chi connectivity index (χ3v) is 11.5. The molecule has 0 amide bonds. The van der Waals surface area contributed by atoms with E-state index in [0.717, 1.165) is 32.6 Å². The topological polar surface area (TPSA) is 58.9 Å². The van der Waals surface area contributed by atoms with Gasteiger partial charge in [-0.3, -0.25) is 0 Å². The molecule has 2 N–H and O–H groups in total. The van der Waals surface area contributed by atoms with Gasteiger partial charge in [0.1, 0.15) is 23.0 Å². The van der Waals surface area contributed by atoms with Crippen LogP contribution >= 0.6 is 0 Å². The monoisotopic (exact) mass is 624 g/mol. The average molecular weight is 625 g/mol. The van der Waals surface area contributed by atoms with E-state index >= 15 is 0 Å². The van der Waals surface area contributed by atoms with E-state index in [1.54, 1.807) is 0 Å². The van der Waals surface area contributed by atoms with E-state index in [9.17, 15) is 10.2 Å². The molecule has 0 unspecified atom stereocenters. The summed E-state index contributed by atoms with van der Waals surface area (Å²) in [6.07, 6.45) is 0. The SMILES string of the molecule is CC(C)(C)c1cc(O[Si](Oc2cc(C(C)(C)C)c(O)c(C(C)(C)C)c2)(c2ccccc2)c2ccccc2)cc(C(C)(C)C)c1O. The highest BCUT2D eigenvalue weighted by Gasteiger charge is 2.48. The molecule has 0 spiro atoms. The van der Waals surface area contributed by atoms with Gasteiger partial charge >= 0.3 is 8.56 Å². The molecule has 0 aliphatic heterocycles. The molecule has 4 nitrogen and oxygen atoms in total. The van der Waals surface area contributed by atoms with Gasteiger partial charge in [-0.05, 0) is 45.9 Å². The van der Waals surface area contributed by atoms with Gasteiger partial charge in [0.15, 0.2) is 0 Å². The number of hydrogen-bond acceptors (Lipinski definition) is 4. The summed E-state index contributed by atoms with van der Waals surface area (Å²) in [6.45, 7) is 25.2. The van der Waals surface area contributed by atoms with Gasteiger partial charge in [0.25, 0.3) is 0 Å². The summed E-state index contributed by atoms with van der Waals surface area (Å²) >= 11 is 0. The fourth-order valence-electron chi connectivity index (χ4n) is 5.69. The Morgan fingerprint density at radius 3 is 0.889 bits per heavy atom. The van der Waals surface area contributed by atoms with Crippen molar-refractivity contribution < 1.29 is 19.1 Å². The Balaban J connectivity index is 2.08. The third-order valence-electron chi connectivity index (χ3n) is 8.23. The first-order chi connectivity index (χ1) is 20.6. The highest BCUT2D eigenvalue weighted by Crippen LogP contribution is 2.44. The minimum absolute atomic E-state index is 0.304. The molecule has 0 saturated heterocycles. The van der Waals surface area contributed by atoms with E-state index in [1.807, 2.05) is 60.7 Å². The standard InChI is InChI=1S/C40H52O4Si/c1-37(2,3)31-23-27(24-32(35(31)41)38(4,5)6)43-45(29-19-15-13-16-20-29,30-21-17-14-18-22-30)44-28-25-33(39(7,8)9)36(42)34(26-28)40(10,11)12/h13-26,41-42H,1-12H3. The van der Waals surface area contributed by atoms with Gasteiger partial charge in [-0.25, -0.2) is 0 Å². The summed E-state index contributed by atoms with van der Waals surface area (Å²) < 4.78 is 14.7. The summed E-state index contributed by atoms with van der Waals surface area (Å²) in [5.74, 6) is 1.90. The largest absolute Gasteiger partial charge is 0.531 e. The van der Waals surface area contributed by atoms with Gasteiger partial charge in [-0.2, -0.15) is 0 Å². The van der Waals surface area contributed by atoms with Crippen molar-refractivity contribution in [3.8, 4) is 23.0 Å². The maximum absolute atomic E-state index is 11.5. The quantitative estimate of drug-likeness (QED) is 0.210. The molecule has 0 atom stereocenters. The second-order valence-electron chi connectivity index (χ2n) is 16.3. The second-order valence-corrected chi connectivity index (χ2v) is 19.1. The number of rotatable bonds is 6. The lowest BCUT2D eigenvalue weighted by atomic mass is 9.79. The van der Waals surface area contributed by atoms with Crippen LogP contribution in [0.25, 0.3) is 0 Å². The van der Waals surface area contributed by atoms with Gasteiger partial charge < -0.3 is 19.1 Å². The van der Waals surface area contributed by atoms with Gasteiger partial charge in [0.2, 0.25) is 0 Å². The fraction of sp³-hybridized carbons (Fsp3) is 0.400. The van der Waals surface area contributed by atoms with Crippen molar-refractivity contribution in [1.29, 1.82) is 0 Å². The van der Waals surface area contributed by atoms with Crippen LogP contribution in [0, 0.1) is 0 Å². The van der Waals surface area contributed by atoms with E-state index in [2.05, 4.69) is 107 Å². The van der Waals surface area contributed by atoms with E-state index in [0.29, 0.717) is 23.0 Å². The molecule has 0 bridgehead atoms. The Morgan fingerprint density at radius 2 is 0.667 bits per heavy atom. The van der Waals surface area contributed by atoms with Crippen LogP contribution in [0.15, 0.2) is 84.9 Å². The lowest BCUT2D eigenvalue weighted by molar-refractivity contribution is 0.395.